The molecule has 132 valence electrons. The van der Waals surface area contributed by atoms with Gasteiger partial charge in [0, 0.05) is 15.5 Å². The largest absolute Gasteiger partial charge is 0.297 e. The van der Waals surface area contributed by atoms with E-state index in [0.717, 1.165) is 0 Å². The molecule has 11 heteroatoms. The lowest BCUT2D eigenvalue weighted by molar-refractivity contribution is -0.118. The topological polar surface area (TPSA) is 169 Å². The van der Waals surface area contributed by atoms with Gasteiger partial charge in [0.2, 0.25) is 0 Å². The third kappa shape index (κ3) is 5.07. The summed E-state index contributed by atoms with van der Waals surface area (Å²) in [4.78, 5) is 17.2. The highest BCUT2D eigenvalue weighted by atomic mass is 32.2. The van der Waals surface area contributed by atoms with Crippen LogP contribution in [0, 0.1) is 5.92 Å². The minimum absolute atomic E-state index is 0.159. The van der Waals surface area contributed by atoms with E-state index in [1.807, 2.05) is 0 Å². The summed E-state index contributed by atoms with van der Waals surface area (Å²) >= 11 is 0. The maximum absolute atomic E-state index is 11.8. The molecule has 1 aliphatic carbocycles. The molecule has 2 rings (SSSR count). The van der Waals surface area contributed by atoms with Gasteiger partial charge in [0.05, 0.1) is 11.6 Å². The molecule has 1 aromatic carbocycles. The SMILES string of the molecule is [N-]=[N+]=Nc1cccc(C=C2C=CC(C(=O)CS(=O)(=O)O)C=C2)c1N=[N+]=[N-]. The fourth-order valence-corrected chi connectivity index (χ4v) is 2.82. The first-order chi connectivity index (χ1) is 12.3. The van der Waals surface area contributed by atoms with Crippen molar-refractivity contribution in [3.8, 4) is 0 Å². The fraction of sp³-hybridized carbons (Fsp3) is 0.133. The molecule has 0 unspecified atom stereocenters. The van der Waals surface area contributed by atoms with Gasteiger partial charge in [0.1, 0.15) is 5.75 Å². The summed E-state index contributed by atoms with van der Waals surface area (Å²) in [5.74, 6) is -2.37. The number of rotatable bonds is 6. The number of ketones is 1. The number of carbonyl (C=O) groups is 1. The van der Waals surface area contributed by atoms with Crippen LogP contribution in [-0.2, 0) is 14.9 Å². The maximum Gasteiger partial charge on any atom is 0.272 e. The van der Waals surface area contributed by atoms with Crippen molar-refractivity contribution in [2.75, 3.05) is 5.75 Å². The second-order valence-corrected chi connectivity index (χ2v) is 6.63. The first kappa shape index (κ1) is 19.0. The lowest BCUT2D eigenvalue weighted by Crippen LogP contribution is -2.21. The molecule has 26 heavy (non-hydrogen) atoms. The van der Waals surface area contributed by atoms with Crippen molar-refractivity contribution >= 4 is 33.4 Å². The monoisotopic (exact) mass is 372 g/mol. The van der Waals surface area contributed by atoms with Crippen LogP contribution in [0.1, 0.15) is 5.56 Å². The second-order valence-electron chi connectivity index (χ2n) is 5.17. The van der Waals surface area contributed by atoms with Crippen molar-refractivity contribution in [1.29, 1.82) is 0 Å². The Balaban J connectivity index is 2.31. The summed E-state index contributed by atoms with van der Waals surface area (Å²) in [6.45, 7) is 0. The minimum Gasteiger partial charge on any atom is -0.297 e. The zero-order chi connectivity index (χ0) is 19.2. The van der Waals surface area contributed by atoms with Crippen molar-refractivity contribution < 1.29 is 17.8 Å². The predicted molar refractivity (Wildman–Crippen MR) is 95.2 cm³/mol. The highest BCUT2D eigenvalue weighted by Crippen LogP contribution is 2.34. The van der Waals surface area contributed by atoms with Gasteiger partial charge >= 0.3 is 0 Å². The first-order valence-corrected chi connectivity index (χ1v) is 8.74. The summed E-state index contributed by atoms with van der Waals surface area (Å²) in [6, 6.07) is 4.79. The van der Waals surface area contributed by atoms with Crippen molar-refractivity contribution in [1.82, 2.24) is 0 Å². The number of Topliss-reactive ketones (excluding diaryl/α,β-unsaturated/α-hetero) is 1. The molecule has 0 bridgehead atoms. The number of hydrogen-bond acceptors (Lipinski definition) is 5. The van der Waals surface area contributed by atoms with Crippen LogP contribution in [0.15, 0.2) is 58.3 Å². The third-order valence-corrected chi connectivity index (χ3v) is 4.00. The van der Waals surface area contributed by atoms with E-state index >= 15 is 0 Å². The molecule has 0 amide bonds. The Hall–Kier alpha value is -3.36. The fourth-order valence-electron chi connectivity index (χ4n) is 2.26. The normalized spacial score (nSPS) is 15.7. The van der Waals surface area contributed by atoms with Crippen LogP contribution in [0.25, 0.3) is 27.0 Å². The molecule has 1 N–H and O–H groups in total. The average molecular weight is 372 g/mol. The van der Waals surface area contributed by atoms with E-state index < -0.39 is 27.6 Å². The Morgan fingerprint density at radius 1 is 1.19 bits per heavy atom. The smallest absolute Gasteiger partial charge is 0.272 e. The number of azide groups is 2. The van der Waals surface area contributed by atoms with Gasteiger partial charge in [-0.25, -0.2) is 0 Å². The highest BCUT2D eigenvalue weighted by Gasteiger charge is 2.20. The number of allylic oxidation sites excluding steroid dienone is 5. The van der Waals surface area contributed by atoms with E-state index in [1.165, 1.54) is 18.2 Å². The highest BCUT2D eigenvalue weighted by molar-refractivity contribution is 7.86. The van der Waals surface area contributed by atoms with Gasteiger partial charge in [-0.1, -0.05) is 52.7 Å². The average Bonchev–Trinajstić information content (AvgIpc) is 2.57. The summed E-state index contributed by atoms with van der Waals surface area (Å²) in [7, 11) is -4.38. The Morgan fingerprint density at radius 2 is 1.85 bits per heavy atom. The number of carbonyl (C=O) groups excluding carboxylic acids is 1. The predicted octanol–water partition coefficient (Wildman–Crippen LogP) is 4.15. The van der Waals surface area contributed by atoms with Crippen LogP contribution >= 0.6 is 0 Å². The van der Waals surface area contributed by atoms with Crippen LogP contribution in [0.3, 0.4) is 0 Å². The summed E-state index contributed by atoms with van der Waals surface area (Å²) in [6.07, 6.45) is 7.81. The summed E-state index contributed by atoms with van der Waals surface area (Å²) < 4.78 is 30.3. The molecule has 0 atom stereocenters. The number of benzene rings is 1. The van der Waals surface area contributed by atoms with E-state index in [4.69, 9.17) is 15.6 Å². The van der Waals surface area contributed by atoms with Gasteiger partial charge in [-0.05, 0) is 28.3 Å². The Kier molecular flexibility index (Phi) is 5.94. The van der Waals surface area contributed by atoms with E-state index in [1.54, 1.807) is 30.4 Å². The van der Waals surface area contributed by atoms with Gasteiger partial charge in [0.25, 0.3) is 10.1 Å². The molecule has 0 saturated heterocycles. The standard InChI is InChI=1S/C15H12N6O4S/c16-20-18-13-3-1-2-12(15(13)19-21-17)8-10-4-6-11(7-5-10)14(22)9-26(23,24)25/h1-8,11H,9H2,(H,23,24,25). The Bertz CT molecular complexity index is 1010. The van der Waals surface area contributed by atoms with E-state index in [0.29, 0.717) is 11.1 Å². The quantitative estimate of drug-likeness (QED) is 0.342. The molecule has 0 radical (unpaired) electrons. The number of nitrogens with zero attached hydrogens (tertiary/aromatic N) is 6. The summed E-state index contributed by atoms with van der Waals surface area (Å²) in [5, 5.41) is 7.02. The molecule has 0 spiro atoms. The van der Waals surface area contributed by atoms with Crippen molar-refractivity contribution in [2.24, 2.45) is 16.1 Å². The molecular weight excluding hydrogens is 360 g/mol. The van der Waals surface area contributed by atoms with Crippen molar-refractivity contribution in [2.45, 2.75) is 0 Å². The third-order valence-electron chi connectivity index (χ3n) is 3.35. The minimum atomic E-state index is -4.38. The summed E-state index contributed by atoms with van der Waals surface area (Å²) in [5.41, 5.74) is 18.8. The molecular formula is C15H12N6O4S. The van der Waals surface area contributed by atoms with Crippen molar-refractivity contribution in [3.05, 3.63) is 74.5 Å². The molecule has 1 aromatic rings. The zero-order valence-corrected chi connectivity index (χ0v) is 14.0. The first-order valence-electron chi connectivity index (χ1n) is 7.13. The van der Waals surface area contributed by atoms with Gasteiger partial charge in [-0.3, -0.25) is 9.35 Å². The van der Waals surface area contributed by atoms with E-state index in [9.17, 15) is 13.2 Å². The van der Waals surface area contributed by atoms with E-state index in [-0.39, 0.29) is 11.4 Å². The van der Waals surface area contributed by atoms with Gasteiger partial charge < -0.3 is 0 Å². The molecule has 10 nitrogen and oxygen atoms in total. The van der Waals surface area contributed by atoms with Crippen LogP contribution in [-0.4, -0.2) is 24.5 Å². The Morgan fingerprint density at radius 3 is 2.42 bits per heavy atom. The van der Waals surface area contributed by atoms with E-state index in [2.05, 4.69) is 20.1 Å². The molecule has 0 fully saturated rings. The van der Waals surface area contributed by atoms with Gasteiger partial charge in [0.15, 0.2) is 5.78 Å². The lowest BCUT2D eigenvalue weighted by Gasteiger charge is -2.11. The lowest BCUT2D eigenvalue weighted by atomic mass is 9.96. The van der Waals surface area contributed by atoms with Gasteiger partial charge in [-0.2, -0.15) is 8.42 Å². The molecule has 0 aromatic heterocycles. The second kappa shape index (κ2) is 8.15. The van der Waals surface area contributed by atoms with Gasteiger partial charge in [-0.15, -0.1) is 0 Å². The molecule has 0 heterocycles. The number of hydrogen-bond donors (Lipinski definition) is 1. The molecule has 1 aliphatic rings. The molecule has 0 saturated carbocycles. The van der Waals surface area contributed by atoms with Crippen LogP contribution in [0.2, 0.25) is 0 Å². The Labute approximate surface area is 148 Å². The van der Waals surface area contributed by atoms with Crippen LogP contribution < -0.4 is 0 Å². The van der Waals surface area contributed by atoms with Crippen LogP contribution in [0.4, 0.5) is 11.4 Å². The zero-order valence-electron chi connectivity index (χ0n) is 13.2. The maximum atomic E-state index is 11.8. The molecule has 0 aliphatic heterocycles. The van der Waals surface area contributed by atoms with Crippen LogP contribution in [0.5, 0.6) is 0 Å². The van der Waals surface area contributed by atoms with Crippen molar-refractivity contribution in [3.63, 3.8) is 0 Å².